The van der Waals surface area contributed by atoms with Crippen molar-refractivity contribution < 1.29 is 22.7 Å². The molecule has 2 heterocycles. The number of ether oxygens (including phenoxy) is 1. The summed E-state index contributed by atoms with van der Waals surface area (Å²) in [5.74, 6) is 0. The molecule has 0 N–H and O–H groups in total. The third-order valence-corrected chi connectivity index (χ3v) is 4.77. The van der Waals surface area contributed by atoms with Gasteiger partial charge in [0.05, 0.1) is 18.2 Å². The zero-order valence-electron chi connectivity index (χ0n) is 14.1. The topological polar surface area (TPSA) is 36.0 Å². The van der Waals surface area contributed by atoms with Crippen molar-refractivity contribution in [2.75, 3.05) is 46.4 Å². The lowest BCUT2D eigenvalue weighted by Gasteiger charge is -2.36. The van der Waals surface area contributed by atoms with Gasteiger partial charge in [0.2, 0.25) is 0 Å². The summed E-state index contributed by atoms with van der Waals surface area (Å²) in [6.07, 6.45) is -4.31. The van der Waals surface area contributed by atoms with Gasteiger partial charge in [-0.15, -0.1) is 0 Å². The molecule has 8 heteroatoms. The minimum Gasteiger partial charge on any atom is -0.383 e. The summed E-state index contributed by atoms with van der Waals surface area (Å²) >= 11 is 0. The van der Waals surface area contributed by atoms with E-state index in [1.54, 1.807) is 12.0 Å². The lowest BCUT2D eigenvalue weighted by atomic mass is 10.1. The van der Waals surface area contributed by atoms with Gasteiger partial charge in [-0.05, 0) is 17.7 Å². The van der Waals surface area contributed by atoms with Gasteiger partial charge in [0.25, 0.3) is 0 Å². The number of piperazine rings is 1. The molecular formula is C17H22F3N3O2. The number of alkyl halides is 3. The highest BCUT2D eigenvalue weighted by atomic mass is 19.4. The summed E-state index contributed by atoms with van der Waals surface area (Å²) in [5.41, 5.74) is 0.221. The number of methoxy groups -OCH3 is 1. The van der Waals surface area contributed by atoms with Crippen LogP contribution in [0.2, 0.25) is 0 Å². The largest absolute Gasteiger partial charge is 0.416 e. The van der Waals surface area contributed by atoms with Gasteiger partial charge in [0.1, 0.15) is 0 Å². The molecular weight excluding hydrogens is 335 g/mol. The standard InChI is InChI=1S/C17H22F3N3O2/c1-25-9-8-22-12-15-11-21(6-7-23(15)16(22)24)10-13-2-4-14(5-3-13)17(18,19)20/h2-5,15H,6-12H2,1H3/t15-/m1/s1. The smallest absolute Gasteiger partial charge is 0.383 e. The number of rotatable bonds is 5. The summed E-state index contributed by atoms with van der Waals surface area (Å²) in [5, 5.41) is 0. The van der Waals surface area contributed by atoms with E-state index in [9.17, 15) is 18.0 Å². The predicted octanol–water partition coefficient (Wildman–Crippen LogP) is 2.27. The van der Waals surface area contributed by atoms with Crippen LogP contribution in [0.25, 0.3) is 0 Å². The minimum atomic E-state index is -4.31. The lowest BCUT2D eigenvalue weighted by molar-refractivity contribution is -0.137. The normalized spacial score (nSPS) is 21.8. The number of fused-ring (bicyclic) bond motifs is 1. The number of nitrogens with zero attached hydrogens (tertiary/aromatic N) is 3. The first-order chi connectivity index (χ1) is 11.9. The molecule has 138 valence electrons. The number of halogens is 3. The molecule has 1 aromatic carbocycles. The van der Waals surface area contributed by atoms with Gasteiger partial charge >= 0.3 is 12.2 Å². The first-order valence-electron chi connectivity index (χ1n) is 8.31. The second kappa shape index (κ2) is 7.21. The van der Waals surface area contributed by atoms with Gasteiger partial charge < -0.3 is 14.5 Å². The Kier molecular flexibility index (Phi) is 5.19. The second-order valence-electron chi connectivity index (χ2n) is 6.50. The zero-order chi connectivity index (χ0) is 18.0. The van der Waals surface area contributed by atoms with Crippen LogP contribution < -0.4 is 0 Å². The average Bonchev–Trinajstić information content (AvgIpc) is 2.88. The van der Waals surface area contributed by atoms with Crippen LogP contribution in [0.3, 0.4) is 0 Å². The van der Waals surface area contributed by atoms with Gasteiger partial charge in [-0.1, -0.05) is 12.1 Å². The van der Waals surface area contributed by atoms with Gasteiger partial charge in [-0.25, -0.2) is 4.79 Å². The molecule has 0 spiro atoms. The second-order valence-corrected chi connectivity index (χ2v) is 6.50. The molecule has 0 aromatic heterocycles. The first kappa shape index (κ1) is 18.0. The third-order valence-electron chi connectivity index (χ3n) is 4.77. The first-order valence-corrected chi connectivity index (χ1v) is 8.31. The van der Waals surface area contributed by atoms with Gasteiger partial charge in [-0.3, -0.25) is 4.90 Å². The average molecular weight is 357 g/mol. The monoisotopic (exact) mass is 357 g/mol. The van der Waals surface area contributed by atoms with Crippen molar-refractivity contribution in [1.29, 1.82) is 0 Å². The van der Waals surface area contributed by atoms with E-state index >= 15 is 0 Å². The van der Waals surface area contributed by atoms with Crippen LogP contribution in [0.15, 0.2) is 24.3 Å². The van der Waals surface area contributed by atoms with Crippen LogP contribution >= 0.6 is 0 Å². The molecule has 2 aliphatic heterocycles. The van der Waals surface area contributed by atoms with E-state index in [2.05, 4.69) is 4.90 Å². The predicted molar refractivity (Wildman–Crippen MR) is 86.1 cm³/mol. The number of amides is 2. The number of carbonyl (C=O) groups excluding carboxylic acids is 1. The summed E-state index contributed by atoms with van der Waals surface area (Å²) in [4.78, 5) is 18.2. The molecule has 2 amide bonds. The van der Waals surface area contributed by atoms with Crippen LogP contribution in [0, 0.1) is 0 Å². The Labute approximate surface area is 144 Å². The van der Waals surface area contributed by atoms with Crippen molar-refractivity contribution >= 4 is 6.03 Å². The highest BCUT2D eigenvalue weighted by molar-refractivity contribution is 5.77. The van der Waals surface area contributed by atoms with Gasteiger partial charge in [-0.2, -0.15) is 13.2 Å². The number of carbonyl (C=O) groups is 1. The molecule has 1 atom stereocenters. The molecule has 0 radical (unpaired) electrons. The summed E-state index contributed by atoms with van der Waals surface area (Å²) in [6, 6.07) is 5.48. The van der Waals surface area contributed by atoms with Crippen LogP contribution in [-0.4, -0.2) is 73.2 Å². The van der Waals surface area contributed by atoms with Gasteiger partial charge in [0.15, 0.2) is 0 Å². The van der Waals surface area contributed by atoms with Crippen LogP contribution in [-0.2, 0) is 17.5 Å². The third kappa shape index (κ3) is 4.07. The number of hydrogen-bond donors (Lipinski definition) is 0. The molecule has 5 nitrogen and oxygen atoms in total. The van der Waals surface area contributed by atoms with E-state index in [-0.39, 0.29) is 12.1 Å². The minimum absolute atomic E-state index is 0.0521. The molecule has 3 rings (SSSR count). The number of urea groups is 1. The fourth-order valence-electron chi connectivity index (χ4n) is 3.43. The Hall–Kier alpha value is -1.80. The molecule has 2 fully saturated rings. The molecule has 0 unspecified atom stereocenters. The van der Waals surface area contributed by atoms with Crippen molar-refractivity contribution in [2.45, 2.75) is 18.8 Å². The Morgan fingerprint density at radius 2 is 1.88 bits per heavy atom. The van der Waals surface area contributed by atoms with Crippen molar-refractivity contribution in [3.05, 3.63) is 35.4 Å². The maximum Gasteiger partial charge on any atom is 0.416 e. The van der Waals surface area contributed by atoms with E-state index < -0.39 is 11.7 Å². The SMILES string of the molecule is COCCN1C[C@H]2CN(Cc3ccc(C(F)(F)F)cc3)CCN2C1=O. The Morgan fingerprint density at radius 3 is 2.52 bits per heavy atom. The number of benzene rings is 1. The van der Waals surface area contributed by atoms with E-state index in [1.165, 1.54) is 12.1 Å². The molecule has 0 aliphatic carbocycles. The number of hydrogen-bond acceptors (Lipinski definition) is 3. The zero-order valence-corrected chi connectivity index (χ0v) is 14.1. The Morgan fingerprint density at radius 1 is 1.16 bits per heavy atom. The summed E-state index contributed by atoms with van der Waals surface area (Å²) in [7, 11) is 1.61. The Balaban J connectivity index is 1.57. The van der Waals surface area contributed by atoms with Gasteiger partial charge in [0, 0.05) is 46.4 Å². The summed E-state index contributed by atoms with van der Waals surface area (Å²) in [6.45, 7) is 4.47. The van der Waals surface area contributed by atoms with Crippen LogP contribution in [0.5, 0.6) is 0 Å². The maximum absolute atomic E-state index is 12.6. The fraction of sp³-hybridized carbons (Fsp3) is 0.588. The molecule has 0 bridgehead atoms. The highest BCUT2D eigenvalue weighted by Crippen LogP contribution is 2.29. The molecule has 2 aliphatic rings. The van der Waals surface area contributed by atoms with Crippen LogP contribution in [0.1, 0.15) is 11.1 Å². The van der Waals surface area contributed by atoms with E-state index in [4.69, 9.17) is 4.74 Å². The van der Waals surface area contributed by atoms with Crippen molar-refractivity contribution in [3.8, 4) is 0 Å². The molecule has 2 saturated heterocycles. The van der Waals surface area contributed by atoms with E-state index in [0.29, 0.717) is 32.8 Å². The quantitative estimate of drug-likeness (QED) is 0.811. The van der Waals surface area contributed by atoms with E-state index in [0.717, 1.165) is 30.8 Å². The highest BCUT2D eigenvalue weighted by Gasteiger charge is 2.40. The molecule has 25 heavy (non-hydrogen) atoms. The fourth-order valence-corrected chi connectivity index (χ4v) is 3.43. The van der Waals surface area contributed by atoms with Crippen LogP contribution in [0.4, 0.5) is 18.0 Å². The molecule has 0 saturated carbocycles. The molecule has 1 aromatic rings. The maximum atomic E-state index is 12.6. The Bertz CT molecular complexity index is 606. The summed E-state index contributed by atoms with van der Waals surface area (Å²) < 4.78 is 42.9. The van der Waals surface area contributed by atoms with Crippen molar-refractivity contribution in [2.24, 2.45) is 0 Å². The van der Waals surface area contributed by atoms with E-state index in [1.807, 2.05) is 4.90 Å². The lowest BCUT2D eigenvalue weighted by Crippen LogP contribution is -2.51. The van der Waals surface area contributed by atoms with Crippen molar-refractivity contribution in [1.82, 2.24) is 14.7 Å². The van der Waals surface area contributed by atoms with Crippen molar-refractivity contribution in [3.63, 3.8) is 0 Å².